The minimum Gasteiger partial charge on any atom is -0.480 e. The van der Waals surface area contributed by atoms with Crippen molar-refractivity contribution in [1.82, 2.24) is 4.90 Å². The standard InChI is InChI=1S/C11H19NO4S/c1-7-12(8(6-17-7)10(14)15)9(13)5-16-11(2,3)4/h7-8H,5-6H2,1-4H3,(H,14,15). The van der Waals surface area contributed by atoms with Crippen LogP contribution in [0.4, 0.5) is 0 Å². The Balaban J connectivity index is 2.63. The Morgan fingerprint density at radius 3 is 2.53 bits per heavy atom. The number of carboxylic acids is 1. The molecule has 0 aromatic rings. The van der Waals surface area contributed by atoms with Crippen molar-refractivity contribution in [2.45, 2.75) is 44.7 Å². The van der Waals surface area contributed by atoms with Gasteiger partial charge in [-0.2, -0.15) is 0 Å². The van der Waals surface area contributed by atoms with Crippen molar-refractivity contribution in [2.75, 3.05) is 12.4 Å². The van der Waals surface area contributed by atoms with E-state index in [4.69, 9.17) is 9.84 Å². The van der Waals surface area contributed by atoms with Crippen molar-refractivity contribution in [1.29, 1.82) is 0 Å². The SMILES string of the molecule is CC1SCC(C(=O)O)N1C(=O)COC(C)(C)C. The van der Waals surface area contributed by atoms with Gasteiger partial charge in [0.15, 0.2) is 0 Å². The summed E-state index contributed by atoms with van der Waals surface area (Å²) in [5.41, 5.74) is -0.398. The van der Waals surface area contributed by atoms with Crippen LogP contribution in [0.25, 0.3) is 0 Å². The third-order valence-corrected chi connectivity index (χ3v) is 3.64. The lowest BCUT2D eigenvalue weighted by Gasteiger charge is -2.27. The van der Waals surface area contributed by atoms with E-state index in [9.17, 15) is 9.59 Å². The number of thioether (sulfide) groups is 1. The fourth-order valence-corrected chi connectivity index (χ4v) is 2.75. The van der Waals surface area contributed by atoms with Crippen molar-refractivity contribution >= 4 is 23.6 Å². The third kappa shape index (κ3) is 3.89. The monoisotopic (exact) mass is 261 g/mol. The molecule has 1 heterocycles. The topological polar surface area (TPSA) is 66.8 Å². The second-order valence-electron chi connectivity index (χ2n) is 4.99. The maximum atomic E-state index is 11.9. The molecule has 1 saturated heterocycles. The molecule has 0 aliphatic carbocycles. The molecular formula is C11H19NO4S. The Hall–Kier alpha value is -0.750. The fourth-order valence-electron chi connectivity index (χ4n) is 1.56. The summed E-state index contributed by atoms with van der Waals surface area (Å²) in [4.78, 5) is 24.4. The summed E-state index contributed by atoms with van der Waals surface area (Å²) in [7, 11) is 0. The highest BCUT2D eigenvalue weighted by molar-refractivity contribution is 8.00. The van der Waals surface area contributed by atoms with Crippen molar-refractivity contribution in [3.05, 3.63) is 0 Å². The number of rotatable bonds is 3. The van der Waals surface area contributed by atoms with Crippen LogP contribution in [0.3, 0.4) is 0 Å². The summed E-state index contributed by atoms with van der Waals surface area (Å²) in [5, 5.41) is 8.93. The van der Waals surface area contributed by atoms with Crippen molar-refractivity contribution in [3.63, 3.8) is 0 Å². The number of aliphatic carboxylic acids is 1. The number of carbonyl (C=O) groups is 2. The Kier molecular flexibility index (Phi) is 4.43. The summed E-state index contributed by atoms with van der Waals surface area (Å²) in [6.45, 7) is 7.34. The van der Waals surface area contributed by atoms with Gasteiger partial charge in [0.25, 0.3) is 0 Å². The lowest BCUT2D eigenvalue weighted by Crippen LogP contribution is -2.47. The Labute approximate surface area is 105 Å². The summed E-state index contributed by atoms with van der Waals surface area (Å²) in [6.07, 6.45) is 0. The van der Waals surface area contributed by atoms with Gasteiger partial charge in [0.05, 0.1) is 11.0 Å². The van der Waals surface area contributed by atoms with Crippen molar-refractivity contribution in [2.24, 2.45) is 0 Å². The average Bonchev–Trinajstić information content (AvgIpc) is 2.55. The zero-order valence-corrected chi connectivity index (χ0v) is 11.4. The van der Waals surface area contributed by atoms with Gasteiger partial charge in [0.2, 0.25) is 5.91 Å². The molecule has 5 nitrogen and oxygen atoms in total. The summed E-state index contributed by atoms with van der Waals surface area (Å²) < 4.78 is 5.39. The van der Waals surface area contributed by atoms with E-state index >= 15 is 0 Å². The van der Waals surface area contributed by atoms with E-state index in [0.717, 1.165) is 0 Å². The van der Waals surface area contributed by atoms with Crippen molar-refractivity contribution in [3.8, 4) is 0 Å². The normalized spacial score (nSPS) is 25.1. The number of ether oxygens (including phenoxy) is 1. The molecule has 0 aromatic carbocycles. The van der Waals surface area contributed by atoms with E-state index in [0.29, 0.717) is 5.75 Å². The van der Waals surface area contributed by atoms with E-state index < -0.39 is 17.6 Å². The van der Waals surface area contributed by atoms with Crippen LogP contribution in [0.2, 0.25) is 0 Å². The summed E-state index contributed by atoms with van der Waals surface area (Å²) in [5.74, 6) is -0.770. The van der Waals surface area contributed by atoms with Crippen LogP contribution in [0, 0.1) is 0 Å². The highest BCUT2D eigenvalue weighted by Crippen LogP contribution is 2.29. The van der Waals surface area contributed by atoms with E-state index in [1.165, 1.54) is 16.7 Å². The quantitative estimate of drug-likeness (QED) is 0.826. The maximum Gasteiger partial charge on any atom is 0.327 e. The minimum absolute atomic E-state index is 0.0713. The predicted molar refractivity (Wildman–Crippen MR) is 65.9 cm³/mol. The van der Waals surface area contributed by atoms with Gasteiger partial charge < -0.3 is 14.7 Å². The van der Waals surface area contributed by atoms with E-state index in [-0.39, 0.29) is 17.9 Å². The molecule has 0 aromatic heterocycles. The second-order valence-corrected chi connectivity index (χ2v) is 6.34. The van der Waals surface area contributed by atoms with Gasteiger partial charge in [-0.05, 0) is 27.7 Å². The molecule has 2 atom stereocenters. The minimum atomic E-state index is -0.953. The van der Waals surface area contributed by atoms with Crippen LogP contribution in [0.15, 0.2) is 0 Å². The van der Waals surface area contributed by atoms with Crippen molar-refractivity contribution < 1.29 is 19.4 Å². The average molecular weight is 261 g/mol. The molecule has 2 unspecified atom stereocenters. The molecule has 0 radical (unpaired) electrons. The first-order valence-corrected chi connectivity index (χ1v) is 6.57. The van der Waals surface area contributed by atoms with E-state index in [1.807, 2.05) is 27.7 Å². The van der Waals surface area contributed by atoms with Gasteiger partial charge in [0, 0.05) is 5.75 Å². The number of hydrogen-bond donors (Lipinski definition) is 1. The van der Waals surface area contributed by atoms with Gasteiger partial charge in [-0.3, -0.25) is 4.79 Å². The highest BCUT2D eigenvalue weighted by atomic mass is 32.2. The van der Waals surface area contributed by atoms with E-state index in [1.54, 1.807) is 0 Å². The maximum absolute atomic E-state index is 11.9. The smallest absolute Gasteiger partial charge is 0.327 e. The van der Waals surface area contributed by atoms with Crippen LogP contribution >= 0.6 is 11.8 Å². The molecule has 0 bridgehead atoms. The number of carbonyl (C=O) groups excluding carboxylic acids is 1. The number of amides is 1. The third-order valence-electron chi connectivity index (χ3n) is 2.42. The van der Waals surface area contributed by atoms with Crippen LogP contribution < -0.4 is 0 Å². The van der Waals surface area contributed by atoms with Gasteiger partial charge in [-0.15, -0.1) is 11.8 Å². The predicted octanol–water partition coefficient (Wildman–Crippen LogP) is 1.18. The van der Waals surface area contributed by atoms with E-state index in [2.05, 4.69) is 0 Å². The molecule has 17 heavy (non-hydrogen) atoms. The molecular weight excluding hydrogens is 242 g/mol. The largest absolute Gasteiger partial charge is 0.480 e. The molecule has 1 rings (SSSR count). The van der Waals surface area contributed by atoms with Gasteiger partial charge in [-0.25, -0.2) is 4.79 Å². The van der Waals surface area contributed by atoms with Crippen LogP contribution in [-0.4, -0.2) is 51.3 Å². The molecule has 1 aliphatic rings. The second kappa shape index (κ2) is 5.27. The molecule has 98 valence electrons. The summed E-state index contributed by atoms with van der Waals surface area (Å²) >= 11 is 1.47. The lowest BCUT2D eigenvalue weighted by molar-refractivity contribution is -0.153. The van der Waals surface area contributed by atoms with Gasteiger partial charge >= 0.3 is 5.97 Å². The molecule has 1 fully saturated rings. The number of hydrogen-bond acceptors (Lipinski definition) is 4. The molecule has 1 N–H and O–H groups in total. The Morgan fingerprint density at radius 1 is 1.47 bits per heavy atom. The lowest BCUT2D eigenvalue weighted by atomic mass is 10.2. The number of nitrogens with zero attached hydrogens (tertiary/aromatic N) is 1. The van der Waals surface area contributed by atoms with Crippen LogP contribution in [0.1, 0.15) is 27.7 Å². The summed E-state index contributed by atoms with van der Waals surface area (Å²) in [6, 6.07) is -0.730. The zero-order valence-electron chi connectivity index (χ0n) is 10.6. The first kappa shape index (κ1) is 14.3. The molecule has 1 aliphatic heterocycles. The Morgan fingerprint density at radius 2 is 2.06 bits per heavy atom. The fraction of sp³-hybridized carbons (Fsp3) is 0.818. The van der Waals surface area contributed by atoms with Crippen LogP contribution in [-0.2, 0) is 14.3 Å². The van der Waals surface area contributed by atoms with Gasteiger partial charge in [-0.1, -0.05) is 0 Å². The number of carboxylic acid groups (broad SMARTS) is 1. The zero-order chi connectivity index (χ0) is 13.2. The first-order valence-electron chi connectivity index (χ1n) is 5.52. The van der Waals surface area contributed by atoms with Gasteiger partial charge in [0.1, 0.15) is 12.6 Å². The molecule has 6 heteroatoms. The molecule has 0 spiro atoms. The molecule has 1 amide bonds. The first-order chi connectivity index (χ1) is 7.72. The highest BCUT2D eigenvalue weighted by Gasteiger charge is 2.39. The van der Waals surface area contributed by atoms with Crippen LogP contribution in [0.5, 0.6) is 0 Å². The molecule has 0 saturated carbocycles. The Bertz CT molecular complexity index is 313.